The van der Waals surface area contributed by atoms with E-state index in [1.807, 2.05) is 31.3 Å². The number of likely N-dealkylation sites (N-methyl/N-ethyl adjacent to an activating group) is 1. The van der Waals surface area contributed by atoms with Gasteiger partial charge >= 0.3 is 0 Å². The minimum Gasteiger partial charge on any atom is -0.493 e. The molecule has 5 heteroatoms. The number of aromatic amines is 1. The summed E-state index contributed by atoms with van der Waals surface area (Å²) in [6.07, 6.45) is 6.15. The molecule has 186 valence electrons. The minimum atomic E-state index is 0.645. The minimum absolute atomic E-state index is 0.645. The van der Waals surface area contributed by atoms with Crippen LogP contribution < -0.4 is 9.64 Å². The first kappa shape index (κ1) is 23.3. The van der Waals surface area contributed by atoms with Gasteiger partial charge in [0, 0.05) is 59.9 Å². The lowest BCUT2D eigenvalue weighted by Gasteiger charge is -2.34. The Kier molecular flexibility index (Phi) is 6.37. The van der Waals surface area contributed by atoms with E-state index in [2.05, 4.69) is 93.6 Å². The van der Waals surface area contributed by atoms with Gasteiger partial charge in [-0.25, -0.2) is 4.98 Å². The average molecular weight is 489 g/mol. The van der Waals surface area contributed by atoms with Crippen molar-refractivity contribution in [3.05, 3.63) is 90.1 Å². The van der Waals surface area contributed by atoms with Crippen molar-refractivity contribution < 1.29 is 4.74 Å². The van der Waals surface area contributed by atoms with Gasteiger partial charge in [-0.15, -0.1) is 0 Å². The number of ether oxygens (including phenoxy) is 1. The lowest BCUT2D eigenvalue weighted by molar-refractivity contribution is 0.313. The number of piperazine rings is 1. The molecule has 0 atom stereocenters. The summed E-state index contributed by atoms with van der Waals surface area (Å²) in [5, 5.41) is 2.32. The highest BCUT2D eigenvalue weighted by Gasteiger charge is 2.15. The predicted octanol–water partition coefficient (Wildman–Crippen LogP) is 6.70. The zero-order chi connectivity index (χ0) is 25.2. The van der Waals surface area contributed by atoms with Crippen LogP contribution in [0.3, 0.4) is 0 Å². The number of rotatable bonds is 6. The fraction of sp³-hybridized carbons (Fsp3) is 0.219. The van der Waals surface area contributed by atoms with E-state index >= 15 is 0 Å². The van der Waals surface area contributed by atoms with Crippen molar-refractivity contribution in [1.29, 1.82) is 0 Å². The van der Waals surface area contributed by atoms with Crippen LogP contribution in [0.4, 0.5) is 5.69 Å². The van der Waals surface area contributed by atoms with Crippen LogP contribution in [0.5, 0.6) is 5.75 Å². The fourth-order valence-electron chi connectivity index (χ4n) is 5.17. The van der Waals surface area contributed by atoms with E-state index in [1.165, 1.54) is 22.2 Å². The molecule has 3 heterocycles. The number of aromatic nitrogens is 2. The van der Waals surface area contributed by atoms with Crippen LogP contribution in [0.1, 0.15) is 18.1 Å². The van der Waals surface area contributed by atoms with Crippen LogP contribution in [0.2, 0.25) is 0 Å². The molecule has 0 radical (unpaired) electrons. The maximum Gasteiger partial charge on any atom is 0.138 e. The van der Waals surface area contributed by atoms with E-state index in [0.29, 0.717) is 6.61 Å². The summed E-state index contributed by atoms with van der Waals surface area (Å²) in [6.45, 7) is 7.04. The first-order valence-corrected chi connectivity index (χ1v) is 13.0. The number of pyridine rings is 1. The molecule has 0 spiro atoms. The third-order valence-corrected chi connectivity index (χ3v) is 7.26. The highest BCUT2D eigenvalue weighted by atomic mass is 16.5. The summed E-state index contributed by atoms with van der Waals surface area (Å²) in [5.41, 5.74) is 7.92. The standard InChI is InChI=1S/C32H32N4O/c1-3-37-30-7-5-4-6-24(30)8-9-25-16-17-33-32-31(25)28-22-26(12-15-29(28)34-32)23-10-13-27(14-11-23)36-20-18-35(2)19-21-36/h4-17,22H,3,18-21H2,1-2H3,(H,33,34). The molecule has 3 aromatic carbocycles. The molecule has 0 unspecified atom stereocenters. The van der Waals surface area contributed by atoms with E-state index in [4.69, 9.17) is 4.74 Å². The molecule has 6 rings (SSSR count). The highest BCUT2D eigenvalue weighted by molar-refractivity contribution is 6.11. The topological polar surface area (TPSA) is 44.4 Å². The Morgan fingerprint density at radius 3 is 2.43 bits per heavy atom. The van der Waals surface area contributed by atoms with E-state index in [9.17, 15) is 0 Å². The molecule has 5 nitrogen and oxygen atoms in total. The smallest absolute Gasteiger partial charge is 0.138 e. The van der Waals surface area contributed by atoms with Crippen molar-refractivity contribution in [3.8, 4) is 16.9 Å². The Morgan fingerprint density at radius 1 is 0.865 bits per heavy atom. The zero-order valence-electron chi connectivity index (χ0n) is 21.4. The summed E-state index contributed by atoms with van der Waals surface area (Å²) in [4.78, 5) is 13.0. The number of nitrogens with zero attached hydrogens (tertiary/aromatic N) is 3. The number of hydrogen-bond donors (Lipinski definition) is 1. The molecule has 0 amide bonds. The Balaban J connectivity index is 1.35. The van der Waals surface area contributed by atoms with Crippen molar-refractivity contribution in [2.75, 3.05) is 44.7 Å². The molecule has 1 aliphatic rings. The van der Waals surface area contributed by atoms with Gasteiger partial charge in [-0.05, 0) is 67.1 Å². The van der Waals surface area contributed by atoms with Gasteiger partial charge in [0.25, 0.3) is 0 Å². The highest BCUT2D eigenvalue weighted by Crippen LogP contribution is 2.33. The molecule has 2 aromatic heterocycles. The van der Waals surface area contributed by atoms with Crippen LogP contribution in [-0.4, -0.2) is 54.7 Å². The summed E-state index contributed by atoms with van der Waals surface area (Å²) in [5.74, 6) is 0.896. The maximum absolute atomic E-state index is 5.81. The monoisotopic (exact) mass is 488 g/mol. The van der Waals surface area contributed by atoms with Crippen LogP contribution in [0, 0.1) is 0 Å². The molecular weight excluding hydrogens is 456 g/mol. The van der Waals surface area contributed by atoms with Crippen molar-refractivity contribution >= 4 is 39.8 Å². The van der Waals surface area contributed by atoms with Gasteiger partial charge in [0.05, 0.1) is 6.61 Å². The fourth-order valence-corrected chi connectivity index (χ4v) is 5.17. The number of benzene rings is 3. The number of hydrogen-bond acceptors (Lipinski definition) is 4. The Hall–Kier alpha value is -4.09. The third kappa shape index (κ3) is 4.70. The summed E-state index contributed by atoms with van der Waals surface area (Å²) < 4.78 is 5.81. The van der Waals surface area contributed by atoms with Crippen molar-refractivity contribution in [2.45, 2.75) is 6.92 Å². The summed E-state index contributed by atoms with van der Waals surface area (Å²) >= 11 is 0. The Morgan fingerprint density at radius 2 is 1.62 bits per heavy atom. The molecule has 1 N–H and O–H groups in total. The number of H-pyrrole nitrogens is 1. The molecule has 0 aliphatic carbocycles. The van der Waals surface area contributed by atoms with E-state index in [1.54, 1.807) is 0 Å². The first-order valence-electron chi connectivity index (χ1n) is 13.0. The second-order valence-electron chi connectivity index (χ2n) is 9.65. The second-order valence-corrected chi connectivity index (χ2v) is 9.65. The summed E-state index contributed by atoms with van der Waals surface area (Å²) in [7, 11) is 2.19. The van der Waals surface area contributed by atoms with Crippen LogP contribution in [0.25, 0.3) is 45.2 Å². The SMILES string of the molecule is CCOc1ccccc1C=Cc1ccnc2[nH]c3ccc(-c4ccc(N5CCN(C)CC5)cc4)cc3c12. The number of fused-ring (bicyclic) bond motifs is 3. The molecular formula is C32H32N4O. The molecule has 0 saturated carbocycles. The molecule has 5 aromatic rings. The lowest BCUT2D eigenvalue weighted by atomic mass is 10.0. The van der Waals surface area contributed by atoms with Gasteiger partial charge in [0.1, 0.15) is 11.4 Å². The van der Waals surface area contributed by atoms with Crippen molar-refractivity contribution in [3.63, 3.8) is 0 Å². The third-order valence-electron chi connectivity index (χ3n) is 7.26. The van der Waals surface area contributed by atoms with Gasteiger partial charge in [0.2, 0.25) is 0 Å². The van der Waals surface area contributed by atoms with Crippen LogP contribution in [0.15, 0.2) is 79.0 Å². The zero-order valence-corrected chi connectivity index (χ0v) is 21.4. The van der Waals surface area contributed by atoms with Gasteiger partial charge in [-0.2, -0.15) is 0 Å². The van der Waals surface area contributed by atoms with Crippen LogP contribution >= 0.6 is 0 Å². The average Bonchev–Trinajstić information content (AvgIpc) is 3.32. The maximum atomic E-state index is 5.81. The van der Waals surface area contributed by atoms with Gasteiger partial charge < -0.3 is 19.5 Å². The largest absolute Gasteiger partial charge is 0.493 e. The molecule has 1 saturated heterocycles. The normalized spacial score (nSPS) is 14.7. The number of nitrogens with one attached hydrogen (secondary N) is 1. The summed E-state index contributed by atoms with van der Waals surface area (Å²) in [6, 6.07) is 25.9. The first-order chi connectivity index (χ1) is 18.2. The Bertz CT molecular complexity index is 1560. The number of para-hydroxylation sites is 1. The number of anilines is 1. The molecule has 1 fully saturated rings. The van der Waals surface area contributed by atoms with Gasteiger partial charge in [-0.3, -0.25) is 0 Å². The van der Waals surface area contributed by atoms with Crippen molar-refractivity contribution in [1.82, 2.24) is 14.9 Å². The van der Waals surface area contributed by atoms with Gasteiger partial charge in [0.15, 0.2) is 0 Å². The van der Waals surface area contributed by atoms with E-state index in [0.717, 1.165) is 59.6 Å². The quantitative estimate of drug-likeness (QED) is 0.289. The van der Waals surface area contributed by atoms with Crippen molar-refractivity contribution in [2.24, 2.45) is 0 Å². The van der Waals surface area contributed by atoms with E-state index in [-0.39, 0.29) is 0 Å². The van der Waals surface area contributed by atoms with E-state index < -0.39 is 0 Å². The predicted molar refractivity (Wildman–Crippen MR) is 155 cm³/mol. The Labute approximate surface area is 218 Å². The lowest BCUT2D eigenvalue weighted by Crippen LogP contribution is -2.44. The molecule has 1 aliphatic heterocycles. The van der Waals surface area contributed by atoms with Crippen LogP contribution in [-0.2, 0) is 0 Å². The van der Waals surface area contributed by atoms with Gasteiger partial charge in [-0.1, -0.05) is 48.6 Å². The molecule has 37 heavy (non-hydrogen) atoms. The molecule has 0 bridgehead atoms. The second kappa shape index (κ2) is 10.1.